The number of carbonyl (C=O) groups excluding carboxylic acids is 3. The smallest absolute Gasteiger partial charge is 0.326 e. The predicted octanol–water partition coefficient (Wildman–Crippen LogP) is 0.609. The topological polar surface area (TPSA) is 195 Å². The molecule has 0 bridgehead atoms. The van der Waals surface area contributed by atoms with Crippen LogP contribution in [-0.2, 0) is 32.0 Å². The lowest BCUT2D eigenvalue weighted by atomic mass is 9.97. The van der Waals surface area contributed by atoms with Crippen molar-refractivity contribution in [2.75, 3.05) is 0 Å². The summed E-state index contributed by atoms with van der Waals surface area (Å²) < 4.78 is 0. The number of nitrogens with zero attached hydrogens (tertiary/aromatic N) is 1. The molecule has 5 unspecified atom stereocenters. The molecular formula is C26H35N7O5. The standard InChI is InChI=1S/C26H35N7O5/c1-4-14(2)22(25(36)32-21(26(37)38)10-17-12-28-13-30-17)33-23(34)15(3)31-24(35)19(27)9-16-11-29-20-8-6-5-7-18(16)20/h5-8,11-15,19,21-22,29H,4,9-10,27H2,1-3H3,(H,28,30)(H,31,35)(H,32,36)(H,33,34)(H,37,38). The van der Waals surface area contributed by atoms with Crippen LogP contribution in [0.5, 0.6) is 0 Å². The maximum Gasteiger partial charge on any atom is 0.326 e. The van der Waals surface area contributed by atoms with E-state index in [1.807, 2.05) is 31.2 Å². The maximum absolute atomic E-state index is 13.0. The van der Waals surface area contributed by atoms with Gasteiger partial charge in [-0.1, -0.05) is 38.5 Å². The number of carboxylic acid groups (broad SMARTS) is 1. The van der Waals surface area contributed by atoms with Gasteiger partial charge in [-0.25, -0.2) is 9.78 Å². The summed E-state index contributed by atoms with van der Waals surface area (Å²) in [6, 6.07) is 3.58. The molecule has 0 saturated heterocycles. The van der Waals surface area contributed by atoms with Crippen LogP contribution in [0, 0.1) is 5.92 Å². The summed E-state index contributed by atoms with van der Waals surface area (Å²) >= 11 is 0. The number of fused-ring (bicyclic) bond motifs is 1. The first-order valence-electron chi connectivity index (χ1n) is 12.5. The van der Waals surface area contributed by atoms with E-state index >= 15 is 0 Å². The number of hydrogen-bond acceptors (Lipinski definition) is 6. The van der Waals surface area contributed by atoms with E-state index in [2.05, 4.69) is 30.9 Å². The van der Waals surface area contributed by atoms with Gasteiger partial charge in [0.25, 0.3) is 0 Å². The number of hydrogen-bond donors (Lipinski definition) is 7. The van der Waals surface area contributed by atoms with Crippen molar-refractivity contribution in [2.24, 2.45) is 11.7 Å². The Kier molecular flexibility index (Phi) is 9.61. The van der Waals surface area contributed by atoms with E-state index in [4.69, 9.17) is 5.73 Å². The molecule has 0 fully saturated rings. The van der Waals surface area contributed by atoms with Gasteiger partial charge in [-0.15, -0.1) is 0 Å². The molecule has 1 aromatic carbocycles. The molecular weight excluding hydrogens is 490 g/mol. The van der Waals surface area contributed by atoms with Crippen LogP contribution in [-0.4, -0.2) is 67.9 Å². The number of H-pyrrole nitrogens is 2. The number of nitrogens with two attached hydrogens (primary N) is 1. The summed E-state index contributed by atoms with van der Waals surface area (Å²) in [6.07, 6.45) is 5.52. The van der Waals surface area contributed by atoms with Crippen molar-refractivity contribution in [3.63, 3.8) is 0 Å². The summed E-state index contributed by atoms with van der Waals surface area (Å²) in [5, 5.41) is 18.3. The molecule has 0 aliphatic rings. The van der Waals surface area contributed by atoms with E-state index in [1.165, 1.54) is 19.4 Å². The van der Waals surface area contributed by atoms with Crippen LogP contribution in [0.25, 0.3) is 10.9 Å². The minimum Gasteiger partial charge on any atom is -0.480 e. The fourth-order valence-corrected chi connectivity index (χ4v) is 4.07. The van der Waals surface area contributed by atoms with Gasteiger partial charge >= 0.3 is 5.97 Å². The number of rotatable bonds is 13. The zero-order chi connectivity index (χ0) is 27.8. The Morgan fingerprint density at radius 2 is 1.74 bits per heavy atom. The van der Waals surface area contributed by atoms with Gasteiger partial charge in [0.05, 0.1) is 12.4 Å². The Bertz CT molecular complexity index is 1260. The summed E-state index contributed by atoms with van der Waals surface area (Å²) in [5.41, 5.74) is 8.49. The minimum absolute atomic E-state index is 0.00300. The normalized spacial score (nSPS) is 15.2. The first-order chi connectivity index (χ1) is 18.1. The Morgan fingerprint density at radius 3 is 2.39 bits per heavy atom. The Morgan fingerprint density at radius 1 is 1.00 bits per heavy atom. The Balaban J connectivity index is 1.60. The lowest BCUT2D eigenvalue weighted by Crippen LogP contribution is -2.58. The zero-order valence-electron chi connectivity index (χ0n) is 21.7. The molecule has 38 heavy (non-hydrogen) atoms. The van der Waals surface area contributed by atoms with Gasteiger partial charge in [0, 0.05) is 35.4 Å². The number of benzene rings is 1. The van der Waals surface area contributed by atoms with Crippen molar-refractivity contribution < 1.29 is 24.3 Å². The quantitative estimate of drug-likeness (QED) is 0.170. The molecule has 12 nitrogen and oxygen atoms in total. The van der Waals surface area contributed by atoms with Crippen molar-refractivity contribution >= 4 is 34.6 Å². The molecule has 0 aliphatic carbocycles. The molecule has 8 N–H and O–H groups in total. The molecule has 3 rings (SSSR count). The second kappa shape index (κ2) is 12.9. The zero-order valence-corrected chi connectivity index (χ0v) is 21.7. The van der Waals surface area contributed by atoms with Crippen LogP contribution in [0.3, 0.4) is 0 Å². The molecule has 2 aromatic heterocycles. The van der Waals surface area contributed by atoms with Crippen LogP contribution in [0.15, 0.2) is 43.0 Å². The molecule has 0 radical (unpaired) electrons. The number of carbonyl (C=O) groups is 4. The number of carboxylic acids is 1. The highest BCUT2D eigenvalue weighted by atomic mass is 16.4. The number of para-hydroxylation sites is 1. The molecule has 0 aliphatic heterocycles. The number of aliphatic carboxylic acids is 1. The van der Waals surface area contributed by atoms with Gasteiger partial charge < -0.3 is 36.8 Å². The third-order valence-electron chi connectivity index (χ3n) is 6.59. The predicted molar refractivity (Wildman–Crippen MR) is 141 cm³/mol. The fraction of sp³-hybridized carbons (Fsp3) is 0.423. The number of amides is 3. The highest BCUT2D eigenvalue weighted by molar-refractivity contribution is 5.94. The Hall–Kier alpha value is -4.19. The molecule has 12 heteroatoms. The third kappa shape index (κ3) is 7.19. The van der Waals surface area contributed by atoms with E-state index < -0.39 is 47.9 Å². The maximum atomic E-state index is 13.0. The Labute approximate surface area is 220 Å². The molecule has 0 spiro atoms. The van der Waals surface area contributed by atoms with Gasteiger partial charge in [0.15, 0.2) is 0 Å². The molecule has 2 heterocycles. The number of imidazole rings is 1. The fourth-order valence-electron chi connectivity index (χ4n) is 4.07. The van der Waals surface area contributed by atoms with E-state index in [1.54, 1.807) is 13.1 Å². The summed E-state index contributed by atoms with van der Waals surface area (Å²) in [7, 11) is 0. The van der Waals surface area contributed by atoms with Crippen molar-refractivity contribution in [3.05, 3.63) is 54.2 Å². The number of nitrogens with one attached hydrogen (secondary N) is 5. The number of aromatic amines is 2. The minimum atomic E-state index is -1.22. The van der Waals surface area contributed by atoms with Gasteiger partial charge in [0.1, 0.15) is 18.1 Å². The highest BCUT2D eigenvalue weighted by Gasteiger charge is 2.32. The van der Waals surface area contributed by atoms with Crippen molar-refractivity contribution in [1.29, 1.82) is 0 Å². The third-order valence-corrected chi connectivity index (χ3v) is 6.59. The van der Waals surface area contributed by atoms with Gasteiger partial charge in [-0.05, 0) is 30.9 Å². The second-order valence-electron chi connectivity index (χ2n) is 9.45. The van der Waals surface area contributed by atoms with Crippen molar-refractivity contribution in [1.82, 2.24) is 30.9 Å². The lowest BCUT2D eigenvalue weighted by Gasteiger charge is -2.27. The summed E-state index contributed by atoms with van der Waals surface area (Å²) in [6.45, 7) is 5.12. The van der Waals surface area contributed by atoms with Gasteiger partial charge in [-0.3, -0.25) is 14.4 Å². The van der Waals surface area contributed by atoms with Gasteiger partial charge in [0.2, 0.25) is 17.7 Å². The number of aromatic nitrogens is 3. The first kappa shape index (κ1) is 28.4. The largest absolute Gasteiger partial charge is 0.480 e. The highest BCUT2D eigenvalue weighted by Crippen LogP contribution is 2.18. The van der Waals surface area contributed by atoms with Crippen LogP contribution < -0.4 is 21.7 Å². The average molecular weight is 526 g/mol. The van der Waals surface area contributed by atoms with E-state index in [-0.39, 0.29) is 18.8 Å². The SMILES string of the molecule is CCC(C)C(NC(=O)C(C)NC(=O)C(N)Cc1c[nH]c2ccccc12)C(=O)NC(Cc1cnc[nH]1)C(=O)O. The van der Waals surface area contributed by atoms with E-state index in [9.17, 15) is 24.3 Å². The molecule has 3 amide bonds. The van der Waals surface area contributed by atoms with Crippen LogP contribution in [0.2, 0.25) is 0 Å². The van der Waals surface area contributed by atoms with E-state index in [0.29, 0.717) is 12.1 Å². The summed E-state index contributed by atoms with van der Waals surface area (Å²) in [4.78, 5) is 60.2. The van der Waals surface area contributed by atoms with Crippen molar-refractivity contribution in [3.8, 4) is 0 Å². The molecule has 5 atom stereocenters. The molecule has 3 aromatic rings. The molecule has 0 saturated carbocycles. The lowest BCUT2D eigenvalue weighted by molar-refractivity contribution is -0.142. The summed E-state index contributed by atoms with van der Waals surface area (Å²) in [5.74, 6) is -3.24. The average Bonchev–Trinajstić information content (AvgIpc) is 3.56. The second-order valence-corrected chi connectivity index (χ2v) is 9.45. The first-order valence-corrected chi connectivity index (χ1v) is 12.5. The van der Waals surface area contributed by atoms with Crippen LogP contribution in [0.4, 0.5) is 0 Å². The van der Waals surface area contributed by atoms with Crippen molar-refractivity contribution in [2.45, 2.75) is 64.2 Å². The molecule has 204 valence electrons. The van der Waals surface area contributed by atoms with E-state index in [0.717, 1.165) is 16.5 Å². The van der Waals surface area contributed by atoms with Gasteiger partial charge in [-0.2, -0.15) is 0 Å². The van der Waals surface area contributed by atoms with Crippen LogP contribution in [0.1, 0.15) is 38.4 Å². The van der Waals surface area contributed by atoms with Crippen LogP contribution >= 0.6 is 0 Å². The monoisotopic (exact) mass is 525 g/mol.